The van der Waals surface area contributed by atoms with Gasteiger partial charge in [-0.15, -0.1) is 0 Å². The quantitative estimate of drug-likeness (QED) is 0.671. The average molecular weight is 448 g/mol. The van der Waals surface area contributed by atoms with E-state index in [1.807, 2.05) is 41.3 Å². The molecule has 2 aromatic carbocycles. The van der Waals surface area contributed by atoms with Crippen LogP contribution in [-0.2, 0) is 22.6 Å². The molecule has 5 rings (SSSR count). The number of amides is 4. The van der Waals surface area contributed by atoms with Gasteiger partial charge in [0.05, 0.1) is 0 Å². The molecule has 2 aromatic rings. The van der Waals surface area contributed by atoms with Gasteiger partial charge in [-0.3, -0.25) is 14.5 Å². The fourth-order valence-corrected chi connectivity index (χ4v) is 5.10. The van der Waals surface area contributed by atoms with Crippen molar-refractivity contribution in [3.63, 3.8) is 0 Å². The molecule has 0 aliphatic carbocycles. The summed E-state index contributed by atoms with van der Waals surface area (Å²) in [6.45, 7) is 6.01. The molecule has 3 aliphatic rings. The zero-order chi connectivity index (χ0) is 23.3. The largest absolute Gasteiger partial charge is 0.381 e. The van der Waals surface area contributed by atoms with Crippen molar-refractivity contribution >= 4 is 17.8 Å². The highest BCUT2D eigenvalue weighted by atomic mass is 16.5. The molecule has 0 saturated carbocycles. The summed E-state index contributed by atoms with van der Waals surface area (Å²) in [6.07, 6.45) is 1.79. The van der Waals surface area contributed by atoms with Crippen molar-refractivity contribution in [1.29, 1.82) is 0 Å². The minimum absolute atomic E-state index is 0.121. The van der Waals surface area contributed by atoms with E-state index in [2.05, 4.69) is 6.07 Å². The first kappa shape index (κ1) is 21.6. The Morgan fingerprint density at radius 3 is 2.27 bits per heavy atom. The summed E-state index contributed by atoms with van der Waals surface area (Å²) in [5.41, 5.74) is 4.09. The number of carbonyl (C=O) groups is 3. The van der Waals surface area contributed by atoms with Gasteiger partial charge in [-0.25, -0.2) is 4.79 Å². The third-order valence-electron chi connectivity index (χ3n) is 7.22. The number of likely N-dealkylation sites (N-methyl/N-ethyl adjacent to an activating group) is 1. The van der Waals surface area contributed by atoms with Gasteiger partial charge in [0, 0.05) is 45.0 Å². The maximum absolute atomic E-state index is 12.9. The summed E-state index contributed by atoms with van der Waals surface area (Å²) in [5.74, 6) is -0.0668. The van der Waals surface area contributed by atoms with Crippen molar-refractivity contribution in [2.24, 2.45) is 0 Å². The van der Waals surface area contributed by atoms with E-state index in [1.54, 1.807) is 18.7 Å². The Morgan fingerprint density at radius 1 is 0.970 bits per heavy atom. The van der Waals surface area contributed by atoms with Gasteiger partial charge in [0.1, 0.15) is 5.54 Å². The van der Waals surface area contributed by atoms with Crippen LogP contribution >= 0.6 is 0 Å². The van der Waals surface area contributed by atoms with Crippen LogP contribution in [0.15, 0.2) is 42.5 Å². The lowest BCUT2D eigenvalue weighted by molar-refractivity contribution is -0.131. The van der Waals surface area contributed by atoms with Crippen LogP contribution in [-0.4, -0.2) is 64.4 Å². The Kier molecular flexibility index (Phi) is 5.24. The van der Waals surface area contributed by atoms with Crippen molar-refractivity contribution < 1.29 is 19.1 Å². The van der Waals surface area contributed by atoms with Gasteiger partial charge in [-0.2, -0.15) is 0 Å². The topological polar surface area (TPSA) is 70.2 Å². The number of imide groups is 1. The Morgan fingerprint density at radius 2 is 1.64 bits per heavy atom. The van der Waals surface area contributed by atoms with E-state index < -0.39 is 5.54 Å². The standard InChI is InChI=1S/C26H29N3O4/c1-26(2)24(31)27(3)25(32)29(26)15-17-4-6-18(7-5-17)19-8-9-22-20(14-19)16-28(23(22)30)21-10-12-33-13-11-21/h4-9,14,21H,10-13,15-16H2,1-3H3. The van der Waals surface area contributed by atoms with Crippen LogP contribution in [0, 0.1) is 0 Å². The number of rotatable bonds is 4. The SMILES string of the molecule is CN1C(=O)N(Cc2ccc(-c3ccc4c(c3)CN(C3CCOCC3)C4=O)cc2)C(C)(C)C1=O. The summed E-state index contributed by atoms with van der Waals surface area (Å²) in [6, 6.07) is 14.1. The number of fused-ring (bicyclic) bond motifs is 1. The normalized spacial score (nSPS) is 20.7. The van der Waals surface area contributed by atoms with Gasteiger partial charge in [-0.1, -0.05) is 30.3 Å². The molecule has 4 amide bonds. The lowest BCUT2D eigenvalue weighted by Gasteiger charge is -2.30. The second-order valence-electron chi connectivity index (χ2n) is 9.64. The third kappa shape index (κ3) is 3.60. The summed E-state index contributed by atoms with van der Waals surface area (Å²) in [7, 11) is 1.53. The van der Waals surface area contributed by atoms with Crippen LogP contribution in [0.3, 0.4) is 0 Å². The summed E-state index contributed by atoms with van der Waals surface area (Å²) in [4.78, 5) is 42.5. The van der Waals surface area contributed by atoms with E-state index in [9.17, 15) is 14.4 Å². The number of hydrogen-bond acceptors (Lipinski definition) is 4. The molecule has 172 valence electrons. The Labute approximate surface area is 193 Å². The smallest absolute Gasteiger partial charge is 0.327 e. The second-order valence-corrected chi connectivity index (χ2v) is 9.64. The number of hydrogen-bond donors (Lipinski definition) is 0. The Hall–Kier alpha value is -3.19. The van der Waals surface area contributed by atoms with Crippen LogP contribution < -0.4 is 0 Å². The summed E-state index contributed by atoms with van der Waals surface area (Å²) in [5, 5.41) is 0. The second kappa shape index (κ2) is 7.99. The molecule has 0 unspecified atom stereocenters. The van der Waals surface area contributed by atoms with Gasteiger partial charge >= 0.3 is 6.03 Å². The van der Waals surface area contributed by atoms with Gasteiger partial charge in [0.25, 0.3) is 11.8 Å². The zero-order valence-electron chi connectivity index (χ0n) is 19.3. The molecule has 0 spiro atoms. The van der Waals surface area contributed by atoms with E-state index in [0.29, 0.717) is 26.3 Å². The first-order valence-electron chi connectivity index (χ1n) is 11.5. The van der Waals surface area contributed by atoms with Crippen LogP contribution in [0.25, 0.3) is 11.1 Å². The van der Waals surface area contributed by atoms with Crippen molar-refractivity contribution in [2.45, 2.75) is 51.4 Å². The zero-order valence-corrected chi connectivity index (χ0v) is 19.3. The fraction of sp³-hybridized carbons (Fsp3) is 0.423. The van der Waals surface area contributed by atoms with Crippen LogP contribution in [0.5, 0.6) is 0 Å². The van der Waals surface area contributed by atoms with Gasteiger partial charge in [-0.05, 0) is 61.1 Å². The summed E-state index contributed by atoms with van der Waals surface area (Å²) < 4.78 is 5.45. The molecule has 2 saturated heterocycles. The fourth-order valence-electron chi connectivity index (χ4n) is 5.10. The number of carbonyl (C=O) groups excluding carboxylic acids is 3. The highest BCUT2D eigenvalue weighted by Crippen LogP contribution is 2.32. The minimum Gasteiger partial charge on any atom is -0.381 e. The van der Waals surface area contributed by atoms with E-state index in [4.69, 9.17) is 4.74 Å². The van der Waals surface area contributed by atoms with Crippen LogP contribution in [0.2, 0.25) is 0 Å². The van der Waals surface area contributed by atoms with Crippen molar-refractivity contribution in [1.82, 2.24) is 14.7 Å². The average Bonchev–Trinajstić information content (AvgIpc) is 3.23. The van der Waals surface area contributed by atoms with E-state index in [0.717, 1.165) is 40.7 Å². The molecule has 3 heterocycles. The molecular weight excluding hydrogens is 418 g/mol. The first-order chi connectivity index (χ1) is 15.8. The van der Waals surface area contributed by atoms with E-state index in [-0.39, 0.29) is 23.9 Å². The minimum atomic E-state index is -0.854. The predicted molar refractivity (Wildman–Crippen MR) is 123 cm³/mol. The molecular formula is C26H29N3O4. The maximum atomic E-state index is 12.9. The molecule has 7 nitrogen and oxygen atoms in total. The predicted octanol–water partition coefficient (Wildman–Crippen LogP) is 3.66. The lowest BCUT2D eigenvalue weighted by Crippen LogP contribution is -2.43. The van der Waals surface area contributed by atoms with E-state index >= 15 is 0 Å². The highest BCUT2D eigenvalue weighted by molar-refractivity contribution is 6.06. The molecule has 0 N–H and O–H groups in total. The number of ether oxygens (including phenoxy) is 1. The Balaban J connectivity index is 1.32. The molecule has 0 atom stereocenters. The molecule has 3 aliphatic heterocycles. The number of nitrogens with zero attached hydrogens (tertiary/aromatic N) is 3. The molecule has 0 aromatic heterocycles. The molecule has 0 radical (unpaired) electrons. The number of urea groups is 1. The maximum Gasteiger partial charge on any atom is 0.327 e. The molecule has 7 heteroatoms. The van der Waals surface area contributed by atoms with Crippen molar-refractivity contribution in [2.75, 3.05) is 20.3 Å². The van der Waals surface area contributed by atoms with Gasteiger partial charge in [0.15, 0.2) is 0 Å². The summed E-state index contributed by atoms with van der Waals surface area (Å²) >= 11 is 0. The Bertz CT molecular complexity index is 1120. The number of benzene rings is 2. The first-order valence-corrected chi connectivity index (χ1v) is 11.5. The van der Waals surface area contributed by atoms with Crippen LogP contribution in [0.1, 0.15) is 48.2 Å². The molecule has 33 heavy (non-hydrogen) atoms. The van der Waals surface area contributed by atoms with Gasteiger partial charge in [0.2, 0.25) is 0 Å². The third-order valence-corrected chi connectivity index (χ3v) is 7.22. The molecule has 2 fully saturated rings. The lowest BCUT2D eigenvalue weighted by atomic mass is 9.99. The monoisotopic (exact) mass is 447 g/mol. The highest BCUT2D eigenvalue weighted by Gasteiger charge is 2.49. The van der Waals surface area contributed by atoms with Crippen molar-refractivity contribution in [3.8, 4) is 11.1 Å². The van der Waals surface area contributed by atoms with E-state index in [1.165, 1.54) is 11.9 Å². The molecule has 0 bridgehead atoms. The van der Waals surface area contributed by atoms with Gasteiger partial charge < -0.3 is 14.5 Å². The van der Waals surface area contributed by atoms with Crippen LogP contribution in [0.4, 0.5) is 4.79 Å². The van der Waals surface area contributed by atoms with Crippen molar-refractivity contribution in [3.05, 3.63) is 59.2 Å².